The lowest BCUT2D eigenvalue weighted by Crippen LogP contribution is -2.21. The Kier molecular flexibility index (Phi) is 4.37. The Bertz CT molecular complexity index is 539. The number of halogens is 2. The van der Waals surface area contributed by atoms with Crippen LogP contribution in [-0.4, -0.2) is 21.0 Å². The summed E-state index contributed by atoms with van der Waals surface area (Å²) in [6, 6.07) is 6.06. The highest BCUT2D eigenvalue weighted by Crippen LogP contribution is 2.23. The molecule has 1 aromatic carbocycles. The van der Waals surface area contributed by atoms with Crippen molar-refractivity contribution in [2.24, 2.45) is 0 Å². The number of benzene rings is 1. The summed E-state index contributed by atoms with van der Waals surface area (Å²) in [4.78, 5) is 0. The van der Waals surface area contributed by atoms with Gasteiger partial charge in [0.2, 0.25) is 0 Å². The van der Waals surface area contributed by atoms with Gasteiger partial charge in [-0.1, -0.05) is 46.6 Å². The molecule has 1 N–H and O–H groups in total. The van der Waals surface area contributed by atoms with Crippen molar-refractivity contribution >= 4 is 27.5 Å². The number of rotatable bonds is 4. The van der Waals surface area contributed by atoms with Crippen LogP contribution in [0.25, 0.3) is 5.69 Å². The molecule has 4 nitrogen and oxygen atoms in total. The fourth-order valence-electron chi connectivity index (χ4n) is 1.47. The molecule has 2 rings (SSSR count). The van der Waals surface area contributed by atoms with Crippen molar-refractivity contribution < 1.29 is 0 Å². The van der Waals surface area contributed by atoms with Crippen molar-refractivity contribution in [3.63, 3.8) is 0 Å². The molecule has 96 valence electrons. The summed E-state index contributed by atoms with van der Waals surface area (Å²) in [6.45, 7) is 4.88. The van der Waals surface area contributed by atoms with Crippen LogP contribution in [-0.2, 0) is 6.54 Å². The lowest BCUT2D eigenvalue weighted by atomic mass is 10.3. The summed E-state index contributed by atoms with van der Waals surface area (Å²) in [5.41, 5.74) is 1.70. The molecule has 0 spiro atoms. The summed E-state index contributed by atoms with van der Waals surface area (Å²) in [6.07, 6.45) is 1.88. The van der Waals surface area contributed by atoms with Gasteiger partial charge in [0.15, 0.2) is 0 Å². The first kappa shape index (κ1) is 13.5. The monoisotopic (exact) mass is 328 g/mol. The van der Waals surface area contributed by atoms with E-state index in [4.69, 9.17) is 11.6 Å². The molecular weight excluding hydrogens is 316 g/mol. The molecule has 1 heterocycles. The third-order valence-corrected chi connectivity index (χ3v) is 3.20. The van der Waals surface area contributed by atoms with Gasteiger partial charge in [-0.3, -0.25) is 0 Å². The van der Waals surface area contributed by atoms with E-state index < -0.39 is 0 Å². The minimum absolute atomic E-state index is 0.421. The minimum atomic E-state index is 0.421. The van der Waals surface area contributed by atoms with Gasteiger partial charge in [0.05, 0.1) is 22.6 Å². The van der Waals surface area contributed by atoms with E-state index >= 15 is 0 Å². The smallest absolute Gasteiger partial charge is 0.0969 e. The molecule has 0 unspecified atom stereocenters. The van der Waals surface area contributed by atoms with Crippen LogP contribution < -0.4 is 5.32 Å². The quantitative estimate of drug-likeness (QED) is 0.937. The fourth-order valence-corrected chi connectivity index (χ4v) is 2.02. The van der Waals surface area contributed by atoms with Gasteiger partial charge in [0, 0.05) is 17.1 Å². The van der Waals surface area contributed by atoms with Crippen LogP contribution in [0.15, 0.2) is 28.9 Å². The molecule has 0 bridgehead atoms. The predicted octanol–water partition coefficient (Wildman–Crippen LogP) is 3.18. The highest BCUT2D eigenvalue weighted by Gasteiger charge is 2.07. The van der Waals surface area contributed by atoms with E-state index in [0.29, 0.717) is 17.6 Å². The molecule has 2 aromatic rings. The number of nitrogens with zero attached hydrogens (tertiary/aromatic N) is 3. The Balaban J connectivity index is 2.21. The van der Waals surface area contributed by atoms with Gasteiger partial charge in [0.1, 0.15) is 0 Å². The Labute approximate surface area is 119 Å². The number of hydrogen-bond donors (Lipinski definition) is 1. The van der Waals surface area contributed by atoms with Crippen molar-refractivity contribution in [1.29, 1.82) is 0 Å². The van der Waals surface area contributed by atoms with Gasteiger partial charge in [0.25, 0.3) is 0 Å². The van der Waals surface area contributed by atoms with Gasteiger partial charge in [-0.25, -0.2) is 4.68 Å². The maximum Gasteiger partial charge on any atom is 0.0969 e. The zero-order valence-electron chi connectivity index (χ0n) is 10.2. The number of hydrogen-bond acceptors (Lipinski definition) is 3. The first-order valence-corrected chi connectivity index (χ1v) is 6.83. The summed E-state index contributed by atoms with van der Waals surface area (Å²) in [7, 11) is 0. The van der Waals surface area contributed by atoms with Crippen LogP contribution in [0.4, 0.5) is 0 Å². The maximum absolute atomic E-state index is 6.14. The largest absolute Gasteiger partial charge is 0.309 e. The maximum atomic E-state index is 6.14. The van der Waals surface area contributed by atoms with Gasteiger partial charge < -0.3 is 5.32 Å². The third kappa shape index (κ3) is 3.31. The van der Waals surface area contributed by atoms with E-state index in [9.17, 15) is 0 Å². The highest BCUT2D eigenvalue weighted by atomic mass is 79.9. The standard InChI is InChI=1S/C12H14BrClN4/c1-8(2)15-6-10-7-18(17-16-10)12-5-9(13)3-4-11(12)14/h3-5,7-8,15H,6H2,1-2H3. The molecule has 0 amide bonds. The Morgan fingerprint density at radius 2 is 2.22 bits per heavy atom. The van der Waals surface area contributed by atoms with Crippen molar-refractivity contribution in [1.82, 2.24) is 20.3 Å². The van der Waals surface area contributed by atoms with Crippen LogP contribution >= 0.6 is 27.5 Å². The van der Waals surface area contributed by atoms with Crippen molar-refractivity contribution in [3.05, 3.63) is 39.6 Å². The van der Waals surface area contributed by atoms with Crippen LogP contribution in [0.1, 0.15) is 19.5 Å². The average Bonchev–Trinajstić information content (AvgIpc) is 2.78. The molecule has 0 aliphatic rings. The molecule has 18 heavy (non-hydrogen) atoms. The Morgan fingerprint density at radius 3 is 2.94 bits per heavy atom. The van der Waals surface area contributed by atoms with E-state index in [0.717, 1.165) is 15.9 Å². The first-order chi connectivity index (χ1) is 8.56. The molecule has 0 fully saturated rings. The molecule has 0 aliphatic carbocycles. The van der Waals surface area contributed by atoms with Crippen LogP contribution in [0.5, 0.6) is 0 Å². The molecule has 0 radical (unpaired) electrons. The zero-order chi connectivity index (χ0) is 13.1. The minimum Gasteiger partial charge on any atom is -0.309 e. The molecule has 0 saturated heterocycles. The SMILES string of the molecule is CC(C)NCc1cn(-c2cc(Br)ccc2Cl)nn1. The van der Waals surface area contributed by atoms with Crippen molar-refractivity contribution in [3.8, 4) is 5.69 Å². The summed E-state index contributed by atoms with van der Waals surface area (Å²) in [5.74, 6) is 0. The van der Waals surface area contributed by atoms with Crippen LogP contribution in [0.3, 0.4) is 0 Å². The van der Waals surface area contributed by atoms with Gasteiger partial charge in [-0.2, -0.15) is 0 Å². The molecule has 1 aromatic heterocycles. The van der Waals surface area contributed by atoms with E-state index in [-0.39, 0.29) is 0 Å². The fraction of sp³-hybridized carbons (Fsp3) is 0.333. The van der Waals surface area contributed by atoms with Gasteiger partial charge >= 0.3 is 0 Å². The number of aromatic nitrogens is 3. The average molecular weight is 330 g/mol. The second-order valence-electron chi connectivity index (χ2n) is 4.29. The normalized spacial score (nSPS) is 11.2. The van der Waals surface area contributed by atoms with E-state index in [1.54, 1.807) is 4.68 Å². The summed E-state index contributed by atoms with van der Waals surface area (Å²) in [5, 5.41) is 12.1. The van der Waals surface area contributed by atoms with Crippen molar-refractivity contribution in [2.45, 2.75) is 26.4 Å². The van der Waals surface area contributed by atoms with Crippen molar-refractivity contribution in [2.75, 3.05) is 0 Å². The van der Waals surface area contributed by atoms with Gasteiger partial charge in [-0.05, 0) is 18.2 Å². The summed E-state index contributed by atoms with van der Waals surface area (Å²) < 4.78 is 2.64. The number of nitrogens with one attached hydrogen (secondary N) is 1. The Hall–Kier alpha value is -0.910. The summed E-state index contributed by atoms with van der Waals surface area (Å²) >= 11 is 9.56. The van der Waals surface area contributed by atoms with Gasteiger partial charge in [-0.15, -0.1) is 5.10 Å². The molecule has 0 atom stereocenters. The molecular formula is C12H14BrClN4. The molecule has 0 aliphatic heterocycles. The molecule has 6 heteroatoms. The van der Waals surface area contributed by atoms with Crippen LogP contribution in [0.2, 0.25) is 5.02 Å². The lowest BCUT2D eigenvalue weighted by Gasteiger charge is -2.05. The zero-order valence-corrected chi connectivity index (χ0v) is 12.5. The Morgan fingerprint density at radius 1 is 1.44 bits per heavy atom. The predicted molar refractivity (Wildman–Crippen MR) is 76.0 cm³/mol. The topological polar surface area (TPSA) is 42.7 Å². The van der Waals surface area contributed by atoms with E-state index in [1.807, 2.05) is 24.4 Å². The second-order valence-corrected chi connectivity index (χ2v) is 5.61. The lowest BCUT2D eigenvalue weighted by molar-refractivity contribution is 0.580. The molecule has 0 saturated carbocycles. The third-order valence-electron chi connectivity index (χ3n) is 2.39. The van der Waals surface area contributed by atoms with E-state index in [1.165, 1.54) is 0 Å². The highest BCUT2D eigenvalue weighted by molar-refractivity contribution is 9.10. The van der Waals surface area contributed by atoms with E-state index in [2.05, 4.69) is 45.4 Å². The van der Waals surface area contributed by atoms with Crippen LogP contribution in [0, 0.1) is 0 Å². The first-order valence-electron chi connectivity index (χ1n) is 5.66. The second kappa shape index (κ2) is 5.82.